The van der Waals surface area contributed by atoms with E-state index in [1.807, 2.05) is 31.2 Å². The molecule has 2 heterocycles. The van der Waals surface area contributed by atoms with E-state index < -0.39 is 18.0 Å². The molecule has 8 nitrogen and oxygen atoms in total. The van der Waals surface area contributed by atoms with Gasteiger partial charge in [-0.1, -0.05) is 36.4 Å². The largest absolute Gasteiger partial charge is 0.573 e. The van der Waals surface area contributed by atoms with Gasteiger partial charge in [0.25, 0.3) is 5.91 Å². The highest BCUT2D eigenvalue weighted by atomic mass is 19.4. The molecule has 1 unspecified atom stereocenters. The van der Waals surface area contributed by atoms with Gasteiger partial charge in [-0.05, 0) is 80.9 Å². The Hall–Kier alpha value is -4.58. The molecule has 1 amide bonds. The Bertz CT molecular complexity index is 1710. The lowest BCUT2D eigenvalue weighted by Crippen LogP contribution is -2.35. The van der Waals surface area contributed by atoms with Crippen molar-refractivity contribution >= 4 is 22.9 Å². The smallest absolute Gasteiger partial charge is 0.496 e. The summed E-state index contributed by atoms with van der Waals surface area (Å²) >= 11 is 0. The lowest BCUT2D eigenvalue weighted by Gasteiger charge is -2.28. The standard InChI is InChI=1S/C36H41F4N5O3/c1-4-5-20-45-32-10-7-6-9-31(32)41-35(45)44-19-8-18-43(22-23-44)21-17-27(26-11-13-28(37)14-12-26)25-42(2)34(46)30-24-29(48-36(38,39)40)15-16-33(30)47-3/h4-7,9-16,24,27H,8,17-23,25H2,1-3H3/b5-4+. The van der Waals surface area contributed by atoms with Gasteiger partial charge in [-0.25, -0.2) is 9.37 Å². The van der Waals surface area contributed by atoms with Crippen molar-refractivity contribution in [3.63, 3.8) is 0 Å². The molecule has 256 valence electrons. The predicted molar refractivity (Wildman–Crippen MR) is 178 cm³/mol. The van der Waals surface area contributed by atoms with Crippen molar-refractivity contribution < 1.29 is 31.8 Å². The van der Waals surface area contributed by atoms with Crippen LogP contribution in [-0.2, 0) is 6.54 Å². The number of likely N-dealkylation sites (N-methyl/N-ethyl adjacent to an activating group) is 1. The Labute approximate surface area is 278 Å². The van der Waals surface area contributed by atoms with Crippen molar-refractivity contribution in [1.29, 1.82) is 0 Å². The number of allylic oxidation sites excluding steroid dienone is 2. The number of para-hydroxylation sites is 2. The third-order valence-corrected chi connectivity index (χ3v) is 8.64. The van der Waals surface area contributed by atoms with E-state index in [0.717, 1.165) is 80.4 Å². The second kappa shape index (κ2) is 15.5. The van der Waals surface area contributed by atoms with Gasteiger partial charge in [0.1, 0.15) is 17.3 Å². The van der Waals surface area contributed by atoms with Crippen molar-refractivity contribution in [3.8, 4) is 11.5 Å². The lowest BCUT2D eigenvalue weighted by atomic mass is 9.94. The number of imidazole rings is 1. The van der Waals surface area contributed by atoms with E-state index in [9.17, 15) is 22.4 Å². The van der Waals surface area contributed by atoms with Crippen LogP contribution in [0.4, 0.5) is 23.5 Å². The molecule has 0 N–H and O–H groups in total. The zero-order valence-corrected chi connectivity index (χ0v) is 27.4. The molecular weight excluding hydrogens is 626 g/mol. The minimum atomic E-state index is -4.90. The van der Waals surface area contributed by atoms with Gasteiger partial charge in [-0.3, -0.25) is 4.79 Å². The second-order valence-corrected chi connectivity index (χ2v) is 11.9. The zero-order chi connectivity index (χ0) is 34.3. The SMILES string of the molecule is C/C=C/Cn1c(N2CCCN(CCC(CN(C)C(=O)c3cc(OC(F)(F)F)ccc3OC)c3ccc(F)cc3)CC2)nc2ccccc21. The Balaban J connectivity index is 1.29. The monoisotopic (exact) mass is 667 g/mol. The van der Waals surface area contributed by atoms with Crippen LogP contribution >= 0.6 is 0 Å². The molecule has 12 heteroatoms. The van der Waals surface area contributed by atoms with E-state index in [-0.39, 0.29) is 29.6 Å². The van der Waals surface area contributed by atoms with Crippen LogP contribution in [0.25, 0.3) is 11.0 Å². The maximum absolute atomic E-state index is 13.9. The predicted octanol–water partition coefficient (Wildman–Crippen LogP) is 7.12. The van der Waals surface area contributed by atoms with Crippen molar-refractivity contribution in [2.75, 3.05) is 58.3 Å². The maximum atomic E-state index is 13.9. The third-order valence-electron chi connectivity index (χ3n) is 8.64. The summed E-state index contributed by atoms with van der Waals surface area (Å²) in [7, 11) is 2.94. The van der Waals surface area contributed by atoms with E-state index in [1.54, 1.807) is 19.2 Å². The molecule has 4 aromatic rings. The van der Waals surface area contributed by atoms with Crippen LogP contribution < -0.4 is 14.4 Å². The number of carbonyl (C=O) groups excluding carboxylic acids is 1. The number of amides is 1. The van der Waals surface area contributed by atoms with Crippen molar-refractivity contribution in [2.45, 2.75) is 38.6 Å². The average molecular weight is 668 g/mol. The summed E-state index contributed by atoms with van der Waals surface area (Å²) in [4.78, 5) is 24.8. The van der Waals surface area contributed by atoms with Gasteiger partial charge in [0.05, 0.1) is 23.7 Å². The first-order chi connectivity index (χ1) is 23.1. The number of nitrogens with zero attached hydrogens (tertiary/aromatic N) is 5. The highest BCUT2D eigenvalue weighted by molar-refractivity contribution is 5.97. The van der Waals surface area contributed by atoms with Crippen LogP contribution in [0.1, 0.15) is 41.6 Å². The summed E-state index contributed by atoms with van der Waals surface area (Å²) in [5, 5.41) is 0. The number of hydrogen-bond acceptors (Lipinski definition) is 6. The van der Waals surface area contributed by atoms with E-state index in [0.29, 0.717) is 6.42 Å². The molecule has 48 heavy (non-hydrogen) atoms. The van der Waals surface area contributed by atoms with Crippen LogP contribution in [-0.4, -0.2) is 85.0 Å². The summed E-state index contributed by atoms with van der Waals surface area (Å²) in [6.07, 6.45) is 0.892. The molecule has 5 rings (SSSR count). The van der Waals surface area contributed by atoms with Crippen LogP contribution in [0.3, 0.4) is 0 Å². The first kappa shape index (κ1) is 34.7. The van der Waals surface area contributed by atoms with E-state index in [1.165, 1.54) is 30.2 Å². The Morgan fingerprint density at radius 3 is 2.54 bits per heavy atom. The van der Waals surface area contributed by atoms with Crippen LogP contribution in [0, 0.1) is 5.82 Å². The Morgan fingerprint density at radius 1 is 1.04 bits per heavy atom. The number of alkyl halides is 3. The molecule has 1 aliphatic heterocycles. The molecule has 1 aromatic heterocycles. The Kier molecular flexibility index (Phi) is 11.3. The van der Waals surface area contributed by atoms with Crippen molar-refractivity contribution in [2.24, 2.45) is 0 Å². The number of fused-ring (bicyclic) bond motifs is 1. The van der Waals surface area contributed by atoms with Gasteiger partial charge in [-0.2, -0.15) is 0 Å². The molecule has 0 aliphatic carbocycles. The fraction of sp³-hybridized carbons (Fsp3) is 0.389. The number of anilines is 1. The summed E-state index contributed by atoms with van der Waals surface area (Å²) in [6, 6.07) is 17.8. The quantitative estimate of drug-likeness (QED) is 0.119. The van der Waals surface area contributed by atoms with Gasteiger partial charge < -0.3 is 28.7 Å². The highest BCUT2D eigenvalue weighted by Crippen LogP contribution is 2.31. The van der Waals surface area contributed by atoms with Gasteiger partial charge in [-0.15, -0.1) is 13.2 Å². The minimum Gasteiger partial charge on any atom is -0.496 e. The molecular formula is C36H41F4N5O3. The van der Waals surface area contributed by atoms with E-state index in [4.69, 9.17) is 9.72 Å². The number of rotatable bonds is 12. The lowest BCUT2D eigenvalue weighted by molar-refractivity contribution is -0.274. The van der Waals surface area contributed by atoms with Gasteiger partial charge in [0, 0.05) is 45.7 Å². The maximum Gasteiger partial charge on any atom is 0.573 e. The van der Waals surface area contributed by atoms with E-state index >= 15 is 0 Å². The number of ether oxygens (including phenoxy) is 2. The molecule has 1 atom stereocenters. The second-order valence-electron chi connectivity index (χ2n) is 11.9. The number of carbonyl (C=O) groups is 1. The van der Waals surface area contributed by atoms with Crippen LogP contribution in [0.5, 0.6) is 11.5 Å². The number of benzene rings is 3. The third kappa shape index (κ3) is 8.66. The summed E-state index contributed by atoms with van der Waals surface area (Å²) < 4.78 is 64.1. The molecule has 1 saturated heterocycles. The van der Waals surface area contributed by atoms with Gasteiger partial charge in [0.2, 0.25) is 5.95 Å². The molecule has 0 radical (unpaired) electrons. The Morgan fingerprint density at radius 2 is 1.81 bits per heavy atom. The molecule has 0 bridgehead atoms. The molecule has 0 spiro atoms. The summed E-state index contributed by atoms with van der Waals surface area (Å²) in [5.74, 6) is -0.458. The van der Waals surface area contributed by atoms with E-state index in [2.05, 4.69) is 31.2 Å². The molecule has 3 aromatic carbocycles. The first-order valence-corrected chi connectivity index (χ1v) is 16.0. The molecule has 1 fully saturated rings. The highest BCUT2D eigenvalue weighted by Gasteiger charge is 2.32. The number of halogens is 4. The number of hydrogen-bond donors (Lipinski definition) is 0. The summed E-state index contributed by atoms with van der Waals surface area (Å²) in [6.45, 7) is 7.13. The number of aromatic nitrogens is 2. The van der Waals surface area contributed by atoms with Crippen molar-refractivity contribution in [1.82, 2.24) is 19.4 Å². The average Bonchev–Trinajstić information content (AvgIpc) is 3.26. The topological polar surface area (TPSA) is 63.1 Å². The first-order valence-electron chi connectivity index (χ1n) is 16.0. The van der Waals surface area contributed by atoms with Gasteiger partial charge in [0.15, 0.2) is 0 Å². The van der Waals surface area contributed by atoms with Crippen molar-refractivity contribution in [3.05, 3.63) is 95.8 Å². The minimum absolute atomic E-state index is 0.0485. The fourth-order valence-corrected chi connectivity index (χ4v) is 6.20. The van der Waals surface area contributed by atoms with Crippen LogP contribution in [0.2, 0.25) is 0 Å². The zero-order valence-electron chi connectivity index (χ0n) is 27.4. The van der Waals surface area contributed by atoms with Gasteiger partial charge >= 0.3 is 6.36 Å². The van der Waals surface area contributed by atoms with Crippen LogP contribution in [0.15, 0.2) is 78.9 Å². The molecule has 1 aliphatic rings. The molecule has 0 saturated carbocycles. The normalized spacial score (nSPS) is 15.1. The number of methoxy groups -OCH3 is 1. The fourth-order valence-electron chi connectivity index (χ4n) is 6.20. The summed E-state index contributed by atoms with van der Waals surface area (Å²) in [5.41, 5.74) is 2.89.